The van der Waals surface area contributed by atoms with Crippen LogP contribution < -0.4 is 10.2 Å². The molecule has 2 aliphatic heterocycles. The van der Waals surface area contributed by atoms with Crippen LogP contribution in [0.5, 0.6) is 0 Å². The van der Waals surface area contributed by atoms with Crippen molar-refractivity contribution < 1.29 is 16.8 Å². The summed E-state index contributed by atoms with van der Waals surface area (Å²) in [5.41, 5.74) is 0. The molecule has 0 spiro atoms. The summed E-state index contributed by atoms with van der Waals surface area (Å²) in [6, 6.07) is 0. The van der Waals surface area contributed by atoms with Crippen LogP contribution >= 0.6 is 15.9 Å². The Hall–Kier alpha value is -1.60. The Balaban J connectivity index is 0.000000217. The molecule has 2 aromatic rings. The Morgan fingerprint density at radius 3 is 1.65 bits per heavy atom. The van der Waals surface area contributed by atoms with Gasteiger partial charge in [-0.15, -0.1) is 0 Å². The molecule has 1 N–H and O–H groups in total. The summed E-state index contributed by atoms with van der Waals surface area (Å²) < 4.78 is 52.0. The van der Waals surface area contributed by atoms with E-state index in [2.05, 4.69) is 55.1 Å². The van der Waals surface area contributed by atoms with E-state index in [9.17, 15) is 16.8 Å². The number of rotatable bonds is 5. The predicted octanol–water partition coefficient (Wildman–Crippen LogP) is -0.889. The first kappa shape index (κ1) is 31.6. The molecule has 0 atom stereocenters. The highest BCUT2D eigenvalue weighted by Gasteiger charge is 2.25. The summed E-state index contributed by atoms with van der Waals surface area (Å²) >= 11 is 3.02. The molecular formula is C20H39BrN10O4S2. The van der Waals surface area contributed by atoms with Crippen molar-refractivity contribution in [1.82, 2.24) is 41.6 Å². The first-order valence-corrected chi connectivity index (χ1v) is 15.3. The lowest BCUT2D eigenvalue weighted by Gasteiger charge is -2.33. The van der Waals surface area contributed by atoms with Crippen LogP contribution in [-0.2, 0) is 20.4 Å². The van der Waals surface area contributed by atoms with Crippen LogP contribution in [0.15, 0.2) is 29.5 Å². The molecule has 4 rings (SSSR count). The lowest BCUT2D eigenvalue weighted by atomic mass is 10.3. The molecule has 2 aliphatic rings. The maximum Gasteiger partial charge on any atom is 0.309 e. The number of nitrogens with one attached hydrogen (secondary N) is 1. The zero-order chi connectivity index (χ0) is 27.8. The normalized spacial score (nSPS) is 17.8. The zero-order valence-corrected chi connectivity index (χ0v) is 25.5. The topological polar surface area (TPSA) is 132 Å². The number of anilines is 1. The van der Waals surface area contributed by atoms with E-state index >= 15 is 0 Å². The van der Waals surface area contributed by atoms with Gasteiger partial charge in [0.05, 0.1) is 0 Å². The van der Waals surface area contributed by atoms with E-state index in [0.717, 1.165) is 47.5 Å². The van der Waals surface area contributed by atoms with Gasteiger partial charge in [0, 0.05) is 105 Å². The summed E-state index contributed by atoms with van der Waals surface area (Å²) in [5, 5.41) is 3.27. The molecule has 0 aromatic carbocycles. The van der Waals surface area contributed by atoms with Crippen molar-refractivity contribution in [2.24, 2.45) is 0 Å². The van der Waals surface area contributed by atoms with Crippen molar-refractivity contribution in [3.8, 4) is 0 Å². The van der Waals surface area contributed by atoms with Crippen molar-refractivity contribution in [2.75, 3.05) is 99.5 Å². The zero-order valence-electron chi connectivity index (χ0n) is 22.3. The van der Waals surface area contributed by atoms with E-state index in [0.29, 0.717) is 5.95 Å². The Kier molecular flexibility index (Phi) is 11.9. The van der Waals surface area contributed by atoms with Gasteiger partial charge in [0.2, 0.25) is 5.95 Å². The van der Waals surface area contributed by atoms with Crippen LogP contribution in [0.3, 0.4) is 0 Å². The highest BCUT2D eigenvalue weighted by atomic mass is 79.9. The van der Waals surface area contributed by atoms with Gasteiger partial charge in [0.1, 0.15) is 0 Å². The molecule has 2 aromatic heterocycles. The molecule has 37 heavy (non-hydrogen) atoms. The van der Waals surface area contributed by atoms with E-state index in [1.807, 2.05) is 4.90 Å². The summed E-state index contributed by atoms with van der Waals surface area (Å²) in [6.07, 6.45) is 5.79. The monoisotopic (exact) mass is 626 g/mol. The van der Waals surface area contributed by atoms with E-state index < -0.39 is 20.4 Å². The number of aromatic nitrogens is 4. The molecule has 212 valence electrons. The van der Waals surface area contributed by atoms with Crippen LogP contribution in [0.2, 0.25) is 0 Å². The van der Waals surface area contributed by atoms with Crippen molar-refractivity contribution in [3.63, 3.8) is 0 Å². The third-order valence-corrected chi connectivity index (χ3v) is 9.94. The SMILES string of the molecule is CN(C)S(=O)(=O)n1ccnc1Br.CN1CCN(c2nccn2S(=O)(=O)N(C)C)CC1.CN1CCNCC1. The first-order valence-electron chi connectivity index (χ1n) is 11.7. The van der Waals surface area contributed by atoms with Crippen LogP contribution in [-0.4, -0.2) is 148 Å². The maximum absolute atomic E-state index is 12.1. The average molecular weight is 628 g/mol. The number of halogens is 1. The van der Waals surface area contributed by atoms with Crippen molar-refractivity contribution in [1.29, 1.82) is 0 Å². The summed E-state index contributed by atoms with van der Waals surface area (Å²) in [4.78, 5) is 14.5. The second-order valence-corrected chi connectivity index (χ2v) is 13.7. The summed E-state index contributed by atoms with van der Waals surface area (Å²) in [5.74, 6) is 0.497. The number of likely N-dealkylation sites (N-methyl/N-ethyl adjacent to an activating group) is 2. The number of hydrogen-bond donors (Lipinski definition) is 1. The third kappa shape index (κ3) is 8.71. The van der Waals surface area contributed by atoms with Crippen LogP contribution in [0.1, 0.15) is 0 Å². The van der Waals surface area contributed by atoms with Gasteiger partial charge >= 0.3 is 20.4 Å². The second kappa shape index (κ2) is 14.0. The second-order valence-electron chi connectivity index (χ2n) is 8.94. The highest BCUT2D eigenvalue weighted by molar-refractivity contribution is 9.10. The maximum atomic E-state index is 12.1. The van der Waals surface area contributed by atoms with Crippen molar-refractivity contribution in [2.45, 2.75) is 0 Å². The number of imidazole rings is 2. The fourth-order valence-electron chi connectivity index (χ4n) is 3.27. The predicted molar refractivity (Wildman–Crippen MR) is 148 cm³/mol. The van der Waals surface area contributed by atoms with E-state index in [4.69, 9.17) is 0 Å². The van der Waals surface area contributed by atoms with E-state index in [-0.39, 0.29) is 4.73 Å². The third-order valence-electron chi connectivity index (χ3n) is 5.70. The lowest BCUT2D eigenvalue weighted by Crippen LogP contribution is -2.46. The molecular weight excluding hydrogens is 588 g/mol. The van der Waals surface area contributed by atoms with E-state index in [1.165, 1.54) is 74.3 Å². The molecule has 0 aliphatic carbocycles. The largest absolute Gasteiger partial charge is 0.339 e. The number of hydrogen-bond acceptors (Lipinski definition) is 10. The van der Waals surface area contributed by atoms with Gasteiger partial charge in [-0.1, -0.05) is 0 Å². The molecule has 17 heteroatoms. The smallest absolute Gasteiger partial charge is 0.309 e. The fraction of sp³-hybridized carbons (Fsp3) is 0.700. The summed E-state index contributed by atoms with van der Waals surface area (Å²) in [6.45, 7) is 8.14. The Morgan fingerprint density at radius 2 is 1.22 bits per heavy atom. The molecule has 4 heterocycles. The van der Waals surface area contributed by atoms with Gasteiger partial charge in [0.25, 0.3) is 0 Å². The van der Waals surface area contributed by atoms with Gasteiger partial charge in [0.15, 0.2) is 4.73 Å². The molecule has 0 saturated carbocycles. The number of nitrogens with zero attached hydrogens (tertiary/aromatic N) is 9. The van der Waals surface area contributed by atoms with Crippen LogP contribution in [0, 0.1) is 0 Å². The lowest BCUT2D eigenvalue weighted by molar-refractivity contribution is 0.291. The van der Waals surface area contributed by atoms with E-state index in [1.54, 1.807) is 0 Å². The molecule has 14 nitrogen and oxygen atoms in total. The standard InChI is InChI=1S/C10H19N5O2S.C5H8BrN3O2S.C5H12N2/c1-12(2)18(16,17)15-5-4-11-10(15)14-8-6-13(3)7-9-14;1-8(2)12(10,11)9-4-3-7-5(9)6;1-7-4-2-6-3-5-7/h4-5H,6-9H2,1-3H3;3-4H,1-2H3;6H,2-5H2,1H3. The van der Waals surface area contributed by atoms with Crippen LogP contribution in [0.4, 0.5) is 5.95 Å². The van der Waals surface area contributed by atoms with Gasteiger partial charge < -0.3 is 20.0 Å². The molecule has 0 amide bonds. The highest BCUT2D eigenvalue weighted by Crippen LogP contribution is 2.17. The minimum atomic E-state index is -3.49. The van der Waals surface area contributed by atoms with Gasteiger partial charge in [-0.3, -0.25) is 0 Å². The van der Waals surface area contributed by atoms with Gasteiger partial charge in [-0.05, 0) is 30.0 Å². The molecule has 0 radical (unpaired) electrons. The summed E-state index contributed by atoms with van der Waals surface area (Å²) in [7, 11) is 3.25. The van der Waals surface area contributed by atoms with Gasteiger partial charge in [-0.2, -0.15) is 29.4 Å². The minimum Gasteiger partial charge on any atom is -0.339 e. The fourth-order valence-corrected chi connectivity index (χ4v) is 5.78. The van der Waals surface area contributed by atoms with Crippen molar-refractivity contribution in [3.05, 3.63) is 29.5 Å². The minimum absolute atomic E-state index is 0.274. The Bertz CT molecular complexity index is 1170. The molecule has 2 saturated heterocycles. The molecule has 0 bridgehead atoms. The molecule has 2 fully saturated rings. The van der Waals surface area contributed by atoms with Gasteiger partial charge in [-0.25, -0.2) is 13.9 Å². The average Bonchev–Trinajstić information content (AvgIpc) is 3.51. The van der Waals surface area contributed by atoms with Crippen LogP contribution in [0.25, 0.3) is 0 Å². The quantitative estimate of drug-likeness (QED) is 0.446. The number of piperazine rings is 2. The first-order chi connectivity index (χ1) is 17.3. The Labute approximate surface area is 229 Å². The molecule has 0 unspecified atom stereocenters. The Morgan fingerprint density at radius 1 is 0.757 bits per heavy atom. The van der Waals surface area contributed by atoms with Crippen molar-refractivity contribution >= 4 is 42.3 Å².